The Balaban J connectivity index is 2.67. The zero-order chi connectivity index (χ0) is 14.9. The summed E-state index contributed by atoms with van der Waals surface area (Å²) in [6.45, 7) is 7.31. The summed E-state index contributed by atoms with van der Waals surface area (Å²) in [6.07, 6.45) is 0.700. The van der Waals surface area contributed by atoms with Crippen LogP contribution in [-0.2, 0) is 12.8 Å². The molecule has 1 aromatic heterocycles. The van der Waals surface area contributed by atoms with Crippen LogP contribution in [0, 0.1) is 12.7 Å². The van der Waals surface area contributed by atoms with Crippen molar-refractivity contribution in [1.29, 1.82) is 0 Å². The van der Waals surface area contributed by atoms with E-state index in [-0.39, 0.29) is 5.82 Å². The number of rotatable bonds is 4. The SMILES string of the molecule is CCc1nc(CC)n(-c2cc(C)c(F)cc2C(C)O)n1. The molecule has 0 fully saturated rings. The number of aliphatic hydroxyl groups excluding tert-OH is 1. The minimum atomic E-state index is -0.765. The van der Waals surface area contributed by atoms with Crippen LogP contribution in [0.3, 0.4) is 0 Å². The van der Waals surface area contributed by atoms with Crippen LogP contribution in [0.15, 0.2) is 12.1 Å². The first-order valence-corrected chi connectivity index (χ1v) is 6.91. The van der Waals surface area contributed by atoms with Crippen molar-refractivity contribution in [2.45, 2.75) is 46.6 Å². The van der Waals surface area contributed by atoms with Gasteiger partial charge in [0.25, 0.3) is 0 Å². The summed E-state index contributed by atoms with van der Waals surface area (Å²) in [5, 5.41) is 14.3. The van der Waals surface area contributed by atoms with Gasteiger partial charge in [-0.2, -0.15) is 5.10 Å². The average molecular weight is 277 g/mol. The van der Waals surface area contributed by atoms with Crippen LogP contribution in [0.4, 0.5) is 4.39 Å². The number of halogens is 1. The van der Waals surface area contributed by atoms with Gasteiger partial charge in [0.2, 0.25) is 0 Å². The van der Waals surface area contributed by atoms with Crippen LogP contribution >= 0.6 is 0 Å². The molecule has 20 heavy (non-hydrogen) atoms. The number of hydrogen-bond donors (Lipinski definition) is 1. The van der Waals surface area contributed by atoms with Gasteiger partial charge in [-0.3, -0.25) is 0 Å². The van der Waals surface area contributed by atoms with E-state index in [1.807, 2.05) is 13.8 Å². The second kappa shape index (κ2) is 5.71. The molecule has 0 saturated carbocycles. The van der Waals surface area contributed by atoms with Gasteiger partial charge in [-0.05, 0) is 31.5 Å². The van der Waals surface area contributed by atoms with Crippen molar-refractivity contribution in [2.75, 3.05) is 0 Å². The van der Waals surface area contributed by atoms with Crippen LogP contribution < -0.4 is 0 Å². The van der Waals surface area contributed by atoms with E-state index in [0.29, 0.717) is 16.8 Å². The van der Waals surface area contributed by atoms with E-state index in [2.05, 4.69) is 10.1 Å². The lowest BCUT2D eigenvalue weighted by molar-refractivity contribution is 0.198. The summed E-state index contributed by atoms with van der Waals surface area (Å²) in [7, 11) is 0. The largest absolute Gasteiger partial charge is 0.389 e. The summed E-state index contributed by atoms with van der Waals surface area (Å²) >= 11 is 0. The lowest BCUT2D eigenvalue weighted by atomic mass is 10.0. The number of hydrogen-bond acceptors (Lipinski definition) is 3. The Kier molecular flexibility index (Phi) is 4.18. The predicted octanol–water partition coefficient (Wildman–Crippen LogP) is 2.89. The Hall–Kier alpha value is -1.75. The van der Waals surface area contributed by atoms with Crippen molar-refractivity contribution < 1.29 is 9.50 Å². The van der Waals surface area contributed by atoms with Gasteiger partial charge in [-0.15, -0.1) is 0 Å². The van der Waals surface area contributed by atoms with Gasteiger partial charge in [-0.1, -0.05) is 13.8 Å². The van der Waals surface area contributed by atoms with Gasteiger partial charge in [-0.25, -0.2) is 14.1 Å². The van der Waals surface area contributed by atoms with Crippen molar-refractivity contribution in [3.8, 4) is 5.69 Å². The van der Waals surface area contributed by atoms with Crippen LogP contribution in [-0.4, -0.2) is 19.9 Å². The molecule has 0 aliphatic carbocycles. The Labute approximate surface area is 118 Å². The van der Waals surface area contributed by atoms with Gasteiger partial charge >= 0.3 is 0 Å². The van der Waals surface area contributed by atoms with E-state index < -0.39 is 6.10 Å². The van der Waals surface area contributed by atoms with Crippen LogP contribution in [0.2, 0.25) is 0 Å². The molecule has 0 aliphatic rings. The van der Waals surface area contributed by atoms with E-state index in [1.54, 1.807) is 24.6 Å². The van der Waals surface area contributed by atoms with E-state index in [9.17, 15) is 9.50 Å². The van der Waals surface area contributed by atoms with Crippen molar-refractivity contribution >= 4 is 0 Å². The second-order valence-electron chi connectivity index (χ2n) is 4.90. The Bertz CT molecular complexity index is 620. The molecule has 1 N–H and O–H groups in total. The topological polar surface area (TPSA) is 50.9 Å². The quantitative estimate of drug-likeness (QED) is 0.935. The number of nitrogens with zero attached hydrogens (tertiary/aromatic N) is 3. The fourth-order valence-electron chi connectivity index (χ4n) is 2.16. The molecule has 5 heteroatoms. The normalized spacial score (nSPS) is 12.7. The number of benzene rings is 1. The maximum atomic E-state index is 13.7. The molecule has 2 rings (SSSR count). The smallest absolute Gasteiger partial charge is 0.151 e. The standard InChI is InChI=1S/C15H20FN3O/c1-5-14-17-15(6-2)19(18-14)13-7-9(3)12(16)8-11(13)10(4)20/h7-8,10,20H,5-6H2,1-4H3. The van der Waals surface area contributed by atoms with Crippen LogP contribution in [0.25, 0.3) is 5.69 Å². The Morgan fingerprint density at radius 2 is 2.00 bits per heavy atom. The molecule has 1 aromatic carbocycles. The third-order valence-corrected chi connectivity index (χ3v) is 3.34. The zero-order valence-electron chi connectivity index (χ0n) is 12.3. The third kappa shape index (κ3) is 2.58. The molecule has 0 saturated heterocycles. The maximum absolute atomic E-state index is 13.7. The summed E-state index contributed by atoms with van der Waals surface area (Å²) in [4.78, 5) is 4.45. The van der Waals surface area contributed by atoms with Crippen LogP contribution in [0.1, 0.15) is 49.7 Å². The first-order valence-electron chi connectivity index (χ1n) is 6.91. The molecule has 0 aliphatic heterocycles. The molecule has 2 aromatic rings. The molecule has 1 unspecified atom stereocenters. The fraction of sp³-hybridized carbons (Fsp3) is 0.467. The molecule has 1 atom stereocenters. The van der Waals surface area contributed by atoms with Gasteiger partial charge in [0.15, 0.2) is 5.82 Å². The molecule has 0 radical (unpaired) electrons. The predicted molar refractivity (Wildman–Crippen MR) is 75.4 cm³/mol. The van der Waals surface area contributed by atoms with Crippen molar-refractivity contribution in [3.63, 3.8) is 0 Å². The van der Waals surface area contributed by atoms with Crippen molar-refractivity contribution in [2.24, 2.45) is 0 Å². The molecule has 4 nitrogen and oxygen atoms in total. The maximum Gasteiger partial charge on any atom is 0.151 e. The highest BCUT2D eigenvalue weighted by atomic mass is 19.1. The number of aromatic nitrogens is 3. The summed E-state index contributed by atoms with van der Waals surface area (Å²) in [6, 6.07) is 3.09. The van der Waals surface area contributed by atoms with E-state index >= 15 is 0 Å². The molecule has 0 spiro atoms. The highest BCUT2D eigenvalue weighted by molar-refractivity contribution is 5.45. The Morgan fingerprint density at radius 1 is 1.30 bits per heavy atom. The Morgan fingerprint density at radius 3 is 2.55 bits per heavy atom. The minimum absolute atomic E-state index is 0.321. The van der Waals surface area contributed by atoms with Gasteiger partial charge < -0.3 is 5.11 Å². The minimum Gasteiger partial charge on any atom is -0.389 e. The van der Waals surface area contributed by atoms with Crippen molar-refractivity contribution in [3.05, 3.63) is 40.7 Å². The summed E-state index contributed by atoms with van der Waals surface area (Å²) < 4.78 is 15.4. The van der Waals surface area contributed by atoms with Crippen LogP contribution in [0.5, 0.6) is 0 Å². The molecule has 0 amide bonds. The summed E-state index contributed by atoms with van der Waals surface area (Å²) in [5.74, 6) is 1.24. The number of aryl methyl sites for hydroxylation is 3. The lowest BCUT2D eigenvalue weighted by Crippen LogP contribution is -2.09. The average Bonchev–Trinajstić information content (AvgIpc) is 2.84. The molecule has 0 bridgehead atoms. The van der Waals surface area contributed by atoms with E-state index in [4.69, 9.17) is 0 Å². The zero-order valence-corrected chi connectivity index (χ0v) is 12.3. The summed E-state index contributed by atoms with van der Waals surface area (Å²) in [5.41, 5.74) is 1.75. The first kappa shape index (κ1) is 14.7. The first-order chi connectivity index (χ1) is 9.47. The van der Waals surface area contributed by atoms with E-state index in [1.165, 1.54) is 6.07 Å². The molecular formula is C15H20FN3O. The molecular weight excluding hydrogens is 257 g/mol. The molecule has 1 heterocycles. The van der Waals surface area contributed by atoms with Gasteiger partial charge in [0.1, 0.15) is 11.6 Å². The van der Waals surface area contributed by atoms with Gasteiger partial charge in [0, 0.05) is 18.4 Å². The fourth-order valence-corrected chi connectivity index (χ4v) is 2.16. The highest BCUT2D eigenvalue weighted by Gasteiger charge is 2.17. The highest BCUT2D eigenvalue weighted by Crippen LogP contribution is 2.25. The molecule has 108 valence electrons. The van der Waals surface area contributed by atoms with Crippen molar-refractivity contribution in [1.82, 2.24) is 14.8 Å². The number of aliphatic hydroxyl groups is 1. The van der Waals surface area contributed by atoms with E-state index in [0.717, 1.165) is 24.5 Å². The second-order valence-corrected chi connectivity index (χ2v) is 4.90. The third-order valence-electron chi connectivity index (χ3n) is 3.34. The lowest BCUT2D eigenvalue weighted by Gasteiger charge is -2.15. The monoisotopic (exact) mass is 277 g/mol. The van der Waals surface area contributed by atoms with Gasteiger partial charge in [0.05, 0.1) is 11.8 Å².